The van der Waals surface area contributed by atoms with E-state index in [1.165, 1.54) is 13.2 Å². The molecule has 0 aliphatic carbocycles. The highest BCUT2D eigenvalue weighted by Gasteiger charge is 2.07. The van der Waals surface area contributed by atoms with Crippen molar-refractivity contribution in [3.05, 3.63) is 60.2 Å². The number of para-hydroxylation sites is 1. The van der Waals surface area contributed by atoms with Gasteiger partial charge in [0.25, 0.3) is 5.91 Å². The van der Waals surface area contributed by atoms with Gasteiger partial charge in [0, 0.05) is 23.4 Å². The largest absolute Gasteiger partial charge is 0.497 e. The zero-order valence-electron chi connectivity index (χ0n) is 14.0. The van der Waals surface area contributed by atoms with Crippen LogP contribution in [0.3, 0.4) is 0 Å². The number of rotatable bonds is 7. The van der Waals surface area contributed by atoms with Crippen molar-refractivity contribution >= 4 is 23.6 Å². The second-order valence-corrected chi connectivity index (χ2v) is 4.96. The Morgan fingerprint density at radius 2 is 1.84 bits per heavy atom. The van der Waals surface area contributed by atoms with Gasteiger partial charge in [0.2, 0.25) is 0 Å². The number of hydrogen-bond acceptors (Lipinski definition) is 5. The summed E-state index contributed by atoms with van der Waals surface area (Å²) in [6.45, 7) is -0.383. The van der Waals surface area contributed by atoms with Gasteiger partial charge >= 0.3 is 5.97 Å². The van der Waals surface area contributed by atoms with Gasteiger partial charge in [0.05, 0.1) is 14.2 Å². The van der Waals surface area contributed by atoms with E-state index in [0.29, 0.717) is 17.2 Å². The molecule has 0 atom stereocenters. The molecule has 0 fully saturated rings. The lowest BCUT2D eigenvalue weighted by Gasteiger charge is -2.07. The summed E-state index contributed by atoms with van der Waals surface area (Å²) in [4.78, 5) is 23.5. The Bertz CT molecular complexity index is 770. The van der Waals surface area contributed by atoms with Gasteiger partial charge in [-0.1, -0.05) is 24.3 Å². The van der Waals surface area contributed by atoms with Gasteiger partial charge in [-0.15, -0.1) is 0 Å². The molecule has 0 saturated heterocycles. The molecule has 25 heavy (non-hydrogen) atoms. The second kappa shape index (κ2) is 9.12. The van der Waals surface area contributed by atoms with Gasteiger partial charge < -0.3 is 19.5 Å². The average molecular weight is 341 g/mol. The number of amides is 1. The zero-order chi connectivity index (χ0) is 18.1. The van der Waals surface area contributed by atoms with E-state index < -0.39 is 11.9 Å². The maximum Gasteiger partial charge on any atom is 0.331 e. The number of anilines is 1. The first-order valence-electron chi connectivity index (χ1n) is 7.54. The van der Waals surface area contributed by atoms with Crippen LogP contribution in [-0.2, 0) is 14.3 Å². The lowest BCUT2D eigenvalue weighted by molar-refractivity contribution is -0.142. The Morgan fingerprint density at radius 3 is 2.60 bits per heavy atom. The second-order valence-electron chi connectivity index (χ2n) is 4.96. The van der Waals surface area contributed by atoms with Crippen LogP contribution < -0.4 is 14.8 Å². The molecule has 0 heterocycles. The molecule has 0 aromatic heterocycles. The summed E-state index contributed by atoms with van der Waals surface area (Å²) in [6, 6.07) is 14.1. The summed E-state index contributed by atoms with van der Waals surface area (Å²) >= 11 is 0. The Kier molecular flexibility index (Phi) is 6.59. The fourth-order valence-corrected chi connectivity index (χ4v) is 2.04. The van der Waals surface area contributed by atoms with Gasteiger partial charge in [0.1, 0.15) is 11.5 Å². The number of carbonyl (C=O) groups is 2. The number of carbonyl (C=O) groups excluding carboxylic acids is 2. The molecule has 2 aromatic rings. The van der Waals surface area contributed by atoms with E-state index in [4.69, 9.17) is 14.2 Å². The molecule has 0 radical (unpaired) electrons. The molecular weight excluding hydrogens is 322 g/mol. The lowest BCUT2D eigenvalue weighted by Crippen LogP contribution is -2.20. The molecule has 0 saturated carbocycles. The highest BCUT2D eigenvalue weighted by Crippen LogP contribution is 2.18. The van der Waals surface area contributed by atoms with Crippen molar-refractivity contribution in [3.63, 3.8) is 0 Å². The summed E-state index contributed by atoms with van der Waals surface area (Å²) in [5.41, 5.74) is 1.30. The highest BCUT2D eigenvalue weighted by atomic mass is 16.5. The number of esters is 1. The molecule has 6 heteroatoms. The third kappa shape index (κ3) is 5.69. The predicted octanol–water partition coefficient (Wildman–Crippen LogP) is 2.90. The summed E-state index contributed by atoms with van der Waals surface area (Å²) in [6.07, 6.45) is 2.82. The zero-order valence-corrected chi connectivity index (χ0v) is 14.0. The molecule has 0 spiro atoms. The monoisotopic (exact) mass is 341 g/mol. The van der Waals surface area contributed by atoms with Crippen molar-refractivity contribution < 1.29 is 23.8 Å². The van der Waals surface area contributed by atoms with Crippen LogP contribution in [0.15, 0.2) is 54.6 Å². The SMILES string of the molecule is COc1cccc(NC(=O)COC(=O)C=Cc2ccccc2OC)c1. The number of ether oxygens (including phenoxy) is 3. The first-order valence-corrected chi connectivity index (χ1v) is 7.54. The van der Waals surface area contributed by atoms with Crippen molar-refractivity contribution in [2.75, 3.05) is 26.1 Å². The van der Waals surface area contributed by atoms with Crippen molar-refractivity contribution in [3.8, 4) is 11.5 Å². The van der Waals surface area contributed by atoms with Crippen molar-refractivity contribution in [2.24, 2.45) is 0 Å². The van der Waals surface area contributed by atoms with Crippen LogP contribution in [-0.4, -0.2) is 32.7 Å². The normalized spacial score (nSPS) is 10.3. The van der Waals surface area contributed by atoms with E-state index in [0.717, 1.165) is 5.56 Å². The molecule has 1 amide bonds. The van der Waals surface area contributed by atoms with Gasteiger partial charge in [-0.05, 0) is 24.3 Å². The minimum absolute atomic E-state index is 0.383. The number of methoxy groups -OCH3 is 2. The molecule has 2 aromatic carbocycles. The molecule has 130 valence electrons. The highest BCUT2D eigenvalue weighted by molar-refractivity contribution is 5.94. The van der Waals surface area contributed by atoms with Crippen LogP contribution in [0.4, 0.5) is 5.69 Å². The van der Waals surface area contributed by atoms with Crippen LogP contribution in [0.2, 0.25) is 0 Å². The Morgan fingerprint density at radius 1 is 1.04 bits per heavy atom. The van der Waals surface area contributed by atoms with E-state index in [1.54, 1.807) is 49.6 Å². The van der Waals surface area contributed by atoms with E-state index in [1.807, 2.05) is 12.1 Å². The smallest absolute Gasteiger partial charge is 0.331 e. The first-order chi connectivity index (χ1) is 12.1. The summed E-state index contributed by atoms with van der Waals surface area (Å²) in [5.74, 6) is 0.204. The Labute approximate surface area is 146 Å². The van der Waals surface area contributed by atoms with Crippen LogP contribution in [0.1, 0.15) is 5.56 Å². The van der Waals surface area contributed by atoms with E-state index in [-0.39, 0.29) is 6.61 Å². The van der Waals surface area contributed by atoms with E-state index >= 15 is 0 Å². The third-order valence-electron chi connectivity index (χ3n) is 3.24. The minimum atomic E-state index is -0.619. The molecule has 0 aliphatic heterocycles. The lowest BCUT2D eigenvalue weighted by atomic mass is 10.2. The van der Waals surface area contributed by atoms with Crippen LogP contribution in [0.5, 0.6) is 11.5 Å². The van der Waals surface area contributed by atoms with Gasteiger partial charge in [-0.2, -0.15) is 0 Å². The average Bonchev–Trinajstić information content (AvgIpc) is 2.65. The number of benzene rings is 2. The van der Waals surface area contributed by atoms with Crippen LogP contribution in [0.25, 0.3) is 6.08 Å². The molecule has 0 unspecified atom stereocenters. The maximum atomic E-state index is 11.8. The van der Waals surface area contributed by atoms with Gasteiger partial charge in [-0.25, -0.2) is 4.79 Å². The summed E-state index contributed by atoms with van der Waals surface area (Å²) < 4.78 is 15.2. The molecule has 0 aliphatic rings. The maximum absolute atomic E-state index is 11.8. The molecule has 1 N–H and O–H groups in total. The molecule has 0 bridgehead atoms. The first kappa shape index (κ1) is 18.1. The fraction of sp³-hybridized carbons (Fsp3) is 0.158. The molecule has 6 nitrogen and oxygen atoms in total. The fourth-order valence-electron chi connectivity index (χ4n) is 2.04. The standard InChI is InChI=1S/C19H19NO5/c1-23-16-8-5-7-15(12-16)20-18(21)13-25-19(22)11-10-14-6-3-4-9-17(14)24-2/h3-12H,13H2,1-2H3,(H,20,21). The Balaban J connectivity index is 1.84. The van der Waals surface area contributed by atoms with Gasteiger partial charge in [-0.3, -0.25) is 4.79 Å². The summed E-state index contributed by atoms with van der Waals surface area (Å²) in [7, 11) is 3.09. The van der Waals surface area contributed by atoms with Crippen molar-refractivity contribution in [2.45, 2.75) is 0 Å². The van der Waals surface area contributed by atoms with Crippen molar-refractivity contribution in [1.82, 2.24) is 0 Å². The third-order valence-corrected chi connectivity index (χ3v) is 3.24. The van der Waals surface area contributed by atoms with Gasteiger partial charge in [0.15, 0.2) is 6.61 Å². The quantitative estimate of drug-likeness (QED) is 0.619. The van der Waals surface area contributed by atoms with Crippen molar-refractivity contribution in [1.29, 1.82) is 0 Å². The topological polar surface area (TPSA) is 73.9 Å². The number of nitrogens with one attached hydrogen (secondary N) is 1. The molecule has 2 rings (SSSR count). The van der Waals surface area contributed by atoms with E-state index in [9.17, 15) is 9.59 Å². The van der Waals surface area contributed by atoms with E-state index in [2.05, 4.69) is 5.32 Å². The Hall–Kier alpha value is -3.28. The summed E-state index contributed by atoms with van der Waals surface area (Å²) in [5, 5.41) is 2.62. The minimum Gasteiger partial charge on any atom is -0.497 e. The predicted molar refractivity (Wildman–Crippen MR) is 94.6 cm³/mol. The van der Waals surface area contributed by atoms with Crippen LogP contribution in [0, 0.1) is 0 Å². The van der Waals surface area contributed by atoms with Crippen LogP contribution >= 0.6 is 0 Å². The molecular formula is C19H19NO5. The number of hydrogen-bond donors (Lipinski definition) is 1.